The van der Waals surface area contributed by atoms with Gasteiger partial charge in [-0.2, -0.15) is 0 Å². The molecule has 0 heterocycles. The highest BCUT2D eigenvalue weighted by Crippen LogP contribution is 2.20. The maximum absolute atomic E-state index is 12.0. The van der Waals surface area contributed by atoms with Gasteiger partial charge >= 0.3 is 0 Å². The molecule has 3 heteroatoms. The van der Waals surface area contributed by atoms with Crippen molar-refractivity contribution in [2.24, 2.45) is 11.1 Å². The van der Waals surface area contributed by atoms with Crippen LogP contribution in [0.1, 0.15) is 44.9 Å². The molecule has 0 aliphatic rings. The summed E-state index contributed by atoms with van der Waals surface area (Å²) in [6.45, 7) is 9.93. The highest BCUT2D eigenvalue weighted by Gasteiger charge is 2.28. The van der Waals surface area contributed by atoms with Crippen LogP contribution in [0, 0.1) is 12.3 Å². The third-order valence-corrected chi connectivity index (χ3v) is 3.23. The molecule has 0 saturated heterocycles. The van der Waals surface area contributed by atoms with Crippen LogP contribution in [-0.2, 0) is 4.79 Å². The van der Waals surface area contributed by atoms with Gasteiger partial charge in [0.25, 0.3) is 0 Å². The summed E-state index contributed by atoms with van der Waals surface area (Å²) in [6, 6.07) is 7.53. The van der Waals surface area contributed by atoms with Crippen LogP contribution in [0.3, 0.4) is 0 Å². The lowest BCUT2D eigenvalue weighted by Gasteiger charge is -2.27. The summed E-state index contributed by atoms with van der Waals surface area (Å²) in [6.07, 6.45) is 0. The van der Waals surface area contributed by atoms with Crippen molar-refractivity contribution in [1.29, 1.82) is 0 Å². The number of nitrogens with one attached hydrogen (secondary N) is 1. The van der Waals surface area contributed by atoms with E-state index in [1.807, 2.05) is 58.9 Å². The molecule has 0 saturated carbocycles. The monoisotopic (exact) mass is 248 g/mol. The van der Waals surface area contributed by atoms with Gasteiger partial charge in [-0.15, -0.1) is 0 Å². The van der Waals surface area contributed by atoms with Gasteiger partial charge in [0, 0.05) is 0 Å². The van der Waals surface area contributed by atoms with E-state index < -0.39 is 6.04 Å². The van der Waals surface area contributed by atoms with E-state index in [9.17, 15) is 4.79 Å². The Balaban J connectivity index is 2.75. The Morgan fingerprint density at radius 3 is 2.33 bits per heavy atom. The van der Waals surface area contributed by atoms with Gasteiger partial charge in [0.05, 0.1) is 12.1 Å². The normalized spacial score (nSPS) is 15.0. The molecule has 0 bridgehead atoms. The van der Waals surface area contributed by atoms with Gasteiger partial charge in [-0.3, -0.25) is 4.79 Å². The topological polar surface area (TPSA) is 55.1 Å². The van der Waals surface area contributed by atoms with E-state index in [1.165, 1.54) is 5.56 Å². The van der Waals surface area contributed by atoms with Gasteiger partial charge in [0.15, 0.2) is 0 Å². The third-order valence-electron chi connectivity index (χ3n) is 3.23. The van der Waals surface area contributed by atoms with E-state index in [1.54, 1.807) is 0 Å². The van der Waals surface area contributed by atoms with Gasteiger partial charge in [-0.05, 0) is 30.4 Å². The van der Waals surface area contributed by atoms with Crippen molar-refractivity contribution < 1.29 is 4.79 Å². The molecule has 100 valence electrons. The maximum Gasteiger partial charge on any atom is 0.237 e. The average molecular weight is 248 g/mol. The number of aryl methyl sites for hydroxylation is 1. The number of hydrogen-bond donors (Lipinski definition) is 2. The summed E-state index contributed by atoms with van der Waals surface area (Å²) >= 11 is 0. The highest BCUT2D eigenvalue weighted by molar-refractivity contribution is 5.82. The lowest BCUT2D eigenvalue weighted by atomic mass is 9.86. The van der Waals surface area contributed by atoms with E-state index >= 15 is 0 Å². The second-order valence-corrected chi connectivity index (χ2v) is 5.93. The Morgan fingerprint density at radius 1 is 1.28 bits per heavy atom. The van der Waals surface area contributed by atoms with Crippen LogP contribution >= 0.6 is 0 Å². The molecule has 0 aromatic heterocycles. The number of amides is 1. The predicted molar refractivity (Wildman–Crippen MR) is 75.2 cm³/mol. The van der Waals surface area contributed by atoms with Crippen LogP contribution in [0.2, 0.25) is 0 Å². The summed E-state index contributed by atoms with van der Waals surface area (Å²) in [5, 5.41) is 2.98. The van der Waals surface area contributed by atoms with Gasteiger partial charge in [0.1, 0.15) is 0 Å². The second kappa shape index (κ2) is 5.53. The molecular formula is C15H24N2O. The average Bonchev–Trinajstić information content (AvgIpc) is 2.27. The smallest absolute Gasteiger partial charge is 0.237 e. The van der Waals surface area contributed by atoms with Crippen LogP contribution in [0.15, 0.2) is 24.3 Å². The number of nitrogens with two attached hydrogens (primary N) is 1. The standard InChI is InChI=1S/C15H24N2O/c1-10-8-6-7-9-12(10)11(2)17-14(18)13(16)15(3,4)5/h6-9,11,13H,16H2,1-5H3,(H,17,18)/t11?,13-/m1/s1. The van der Waals surface area contributed by atoms with Gasteiger partial charge < -0.3 is 11.1 Å². The molecule has 0 spiro atoms. The summed E-state index contributed by atoms with van der Waals surface area (Å²) < 4.78 is 0. The first-order chi connectivity index (χ1) is 8.23. The number of rotatable bonds is 3. The van der Waals surface area contributed by atoms with Crippen LogP contribution in [0.4, 0.5) is 0 Å². The molecule has 2 atom stereocenters. The van der Waals surface area contributed by atoms with Crippen molar-refractivity contribution in [1.82, 2.24) is 5.32 Å². The molecule has 1 aromatic rings. The maximum atomic E-state index is 12.0. The number of hydrogen-bond acceptors (Lipinski definition) is 2. The molecule has 1 aromatic carbocycles. The Labute approximate surface area is 110 Å². The molecule has 0 fully saturated rings. The highest BCUT2D eigenvalue weighted by atomic mass is 16.2. The summed E-state index contributed by atoms with van der Waals surface area (Å²) in [4.78, 5) is 12.0. The molecule has 0 aliphatic carbocycles. The first-order valence-electron chi connectivity index (χ1n) is 6.35. The van der Waals surface area contributed by atoms with Crippen molar-refractivity contribution in [2.75, 3.05) is 0 Å². The quantitative estimate of drug-likeness (QED) is 0.863. The minimum absolute atomic E-state index is 0.0212. The lowest BCUT2D eigenvalue weighted by Crippen LogP contribution is -2.49. The predicted octanol–water partition coefficient (Wildman–Crippen LogP) is 2.55. The Hall–Kier alpha value is -1.35. The number of carbonyl (C=O) groups is 1. The van der Waals surface area contributed by atoms with E-state index in [2.05, 4.69) is 5.32 Å². The van der Waals surface area contributed by atoms with E-state index in [0.717, 1.165) is 5.56 Å². The van der Waals surface area contributed by atoms with Crippen LogP contribution in [-0.4, -0.2) is 11.9 Å². The number of benzene rings is 1. The molecule has 1 rings (SSSR count). The molecule has 1 amide bonds. The summed E-state index contributed by atoms with van der Waals surface area (Å²) in [7, 11) is 0. The fourth-order valence-electron chi connectivity index (χ4n) is 1.85. The van der Waals surface area contributed by atoms with Crippen LogP contribution < -0.4 is 11.1 Å². The number of carbonyl (C=O) groups excluding carboxylic acids is 1. The summed E-state index contributed by atoms with van der Waals surface area (Å²) in [5.41, 5.74) is 8.03. The zero-order chi connectivity index (χ0) is 13.9. The molecule has 3 N–H and O–H groups in total. The zero-order valence-corrected chi connectivity index (χ0v) is 11.9. The van der Waals surface area contributed by atoms with Crippen molar-refractivity contribution in [3.63, 3.8) is 0 Å². The van der Waals surface area contributed by atoms with Crippen molar-refractivity contribution in [3.05, 3.63) is 35.4 Å². The Kier molecular flexibility index (Phi) is 4.52. The molecule has 3 nitrogen and oxygen atoms in total. The molecular weight excluding hydrogens is 224 g/mol. The second-order valence-electron chi connectivity index (χ2n) is 5.93. The van der Waals surface area contributed by atoms with Crippen LogP contribution in [0.25, 0.3) is 0 Å². The Morgan fingerprint density at radius 2 is 1.83 bits per heavy atom. The largest absolute Gasteiger partial charge is 0.348 e. The fraction of sp³-hybridized carbons (Fsp3) is 0.533. The first kappa shape index (κ1) is 14.7. The molecule has 1 unspecified atom stereocenters. The molecule has 0 aliphatic heterocycles. The van der Waals surface area contributed by atoms with Gasteiger partial charge in [-0.25, -0.2) is 0 Å². The van der Waals surface area contributed by atoms with Gasteiger partial charge in [0.2, 0.25) is 5.91 Å². The van der Waals surface area contributed by atoms with Gasteiger partial charge in [-0.1, -0.05) is 45.0 Å². The van der Waals surface area contributed by atoms with E-state index in [4.69, 9.17) is 5.73 Å². The minimum Gasteiger partial charge on any atom is -0.348 e. The molecule has 0 radical (unpaired) electrons. The fourth-order valence-corrected chi connectivity index (χ4v) is 1.85. The zero-order valence-electron chi connectivity index (χ0n) is 11.9. The van der Waals surface area contributed by atoms with Crippen molar-refractivity contribution in [3.8, 4) is 0 Å². The summed E-state index contributed by atoms with van der Waals surface area (Å²) in [5.74, 6) is -0.0988. The van der Waals surface area contributed by atoms with E-state index in [-0.39, 0.29) is 17.4 Å². The van der Waals surface area contributed by atoms with Crippen molar-refractivity contribution in [2.45, 2.75) is 46.7 Å². The minimum atomic E-state index is -0.496. The third kappa shape index (κ3) is 3.57. The molecule has 18 heavy (non-hydrogen) atoms. The van der Waals surface area contributed by atoms with E-state index in [0.29, 0.717) is 0 Å². The van der Waals surface area contributed by atoms with Crippen LogP contribution in [0.5, 0.6) is 0 Å². The van der Waals surface area contributed by atoms with Crippen molar-refractivity contribution >= 4 is 5.91 Å². The SMILES string of the molecule is Cc1ccccc1C(C)NC(=O)[C@@H](N)C(C)(C)C. The Bertz CT molecular complexity index is 421. The first-order valence-corrected chi connectivity index (χ1v) is 6.35. The lowest BCUT2D eigenvalue weighted by molar-refractivity contribution is -0.125.